The van der Waals surface area contributed by atoms with E-state index in [0.29, 0.717) is 0 Å². The van der Waals surface area contributed by atoms with Gasteiger partial charge in [-0.15, -0.1) is 0 Å². The van der Waals surface area contributed by atoms with Gasteiger partial charge in [0, 0.05) is 24.6 Å². The highest BCUT2D eigenvalue weighted by Crippen LogP contribution is 2.26. The third kappa shape index (κ3) is 3.66. The molecule has 0 radical (unpaired) electrons. The van der Waals surface area contributed by atoms with Crippen molar-refractivity contribution in [3.63, 3.8) is 0 Å². The summed E-state index contributed by atoms with van der Waals surface area (Å²) in [5.74, 6) is 1.84. The van der Waals surface area contributed by atoms with Crippen molar-refractivity contribution in [3.8, 4) is 0 Å². The van der Waals surface area contributed by atoms with Crippen LogP contribution in [0.5, 0.6) is 0 Å². The van der Waals surface area contributed by atoms with Crippen LogP contribution >= 0.6 is 15.9 Å². The van der Waals surface area contributed by atoms with Gasteiger partial charge >= 0.3 is 0 Å². The predicted molar refractivity (Wildman–Crippen MR) is 80.7 cm³/mol. The maximum absolute atomic E-state index is 5.77. The molecule has 0 aliphatic carbocycles. The van der Waals surface area contributed by atoms with Crippen LogP contribution in [0.2, 0.25) is 0 Å². The van der Waals surface area contributed by atoms with Gasteiger partial charge in [-0.1, -0.05) is 20.8 Å². The van der Waals surface area contributed by atoms with Crippen LogP contribution < -0.4 is 4.90 Å². The van der Waals surface area contributed by atoms with E-state index in [0.717, 1.165) is 29.3 Å². The molecule has 1 aliphatic heterocycles. The molecule has 1 saturated heterocycles. The quantitative estimate of drug-likeness (QED) is 0.743. The minimum absolute atomic E-state index is 0.0535. The largest absolute Gasteiger partial charge is 0.372 e. The Morgan fingerprint density at radius 2 is 1.79 bits per heavy atom. The average molecular weight is 328 g/mol. The lowest BCUT2D eigenvalue weighted by Crippen LogP contribution is -2.46. The summed E-state index contributed by atoms with van der Waals surface area (Å²) in [5, 5.41) is 0. The van der Waals surface area contributed by atoms with Crippen LogP contribution in [0.1, 0.15) is 40.4 Å². The van der Waals surface area contributed by atoms with Crippen LogP contribution in [0.4, 0.5) is 5.82 Å². The Balaban J connectivity index is 2.31. The molecule has 4 nitrogen and oxygen atoms in total. The molecule has 0 bridgehead atoms. The zero-order chi connectivity index (χ0) is 14.2. The summed E-state index contributed by atoms with van der Waals surface area (Å²) < 4.78 is 6.61. The maximum atomic E-state index is 5.77. The normalized spacial score (nSPS) is 24.6. The van der Waals surface area contributed by atoms with E-state index in [4.69, 9.17) is 9.72 Å². The van der Waals surface area contributed by atoms with Gasteiger partial charge in [0.2, 0.25) is 0 Å². The Kier molecular flexibility index (Phi) is 4.16. The van der Waals surface area contributed by atoms with Crippen molar-refractivity contribution in [2.75, 3.05) is 18.0 Å². The lowest BCUT2D eigenvalue weighted by Gasteiger charge is -2.36. The van der Waals surface area contributed by atoms with E-state index < -0.39 is 0 Å². The van der Waals surface area contributed by atoms with Crippen molar-refractivity contribution in [2.24, 2.45) is 0 Å². The molecule has 0 N–H and O–H groups in total. The summed E-state index contributed by atoms with van der Waals surface area (Å²) in [7, 11) is 0. The number of hydrogen-bond donors (Lipinski definition) is 0. The average Bonchev–Trinajstić information content (AvgIpc) is 2.25. The Labute approximate surface area is 123 Å². The summed E-state index contributed by atoms with van der Waals surface area (Å²) in [4.78, 5) is 11.5. The molecule has 0 saturated carbocycles. The van der Waals surface area contributed by atoms with Gasteiger partial charge in [-0.2, -0.15) is 0 Å². The third-order valence-electron chi connectivity index (χ3n) is 3.10. The monoisotopic (exact) mass is 327 g/mol. The van der Waals surface area contributed by atoms with Crippen molar-refractivity contribution in [1.82, 2.24) is 9.97 Å². The topological polar surface area (TPSA) is 38.2 Å². The SMILES string of the molecule is C[C@@H]1CN(c2cc(Br)nc(C(C)(C)C)n2)C[C@H](C)O1. The Bertz CT molecular complexity index is 448. The lowest BCUT2D eigenvalue weighted by atomic mass is 9.96. The zero-order valence-electron chi connectivity index (χ0n) is 12.3. The van der Waals surface area contributed by atoms with Gasteiger partial charge in [0.05, 0.1) is 12.2 Å². The minimum atomic E-state index is -0.0535. The van der Waals surface area contributed by atoms with E-state index in [9.17, 15) is 0 Å². The van der Waals surface area contributed by atoms with Crippen molar-refractivity contribution < 1.29 is 4.74 Å². The first-order valence-electron chi connectivity index (χ1n) is 6.71. The standard InChI is InChI=1S/C14H22BrN3O/c1-9-7-18(8-10(2)19-9)12-6-11(15)16-13(17-12)14(3,4)5/h6,9-10H,7-8H2,1-5H3/t9-,10+. The van der Waals surface area contributed by atoms with E-state index in [1.807, 2.05) is 6.07 Å². The molecule has 1 aromatic heterocycles. The molecule has 2 atom stereocenters. The number of hydrogen-bond acceptors (Lipinski definition) is 4. The molecule has 0 aromatic carbocycles. The highest BCUT2D eigenvalue weighted by atomic mass is 79.9. The number of anilines is 1. The van der Waals surface area contributed by atoms with Gasteiger partial charge in [0.1, 0.15) is 16.2 Å². The van der Waals surface area contributed by atoms with Crippen LogP contribution in [-0.2, 0) is 10.2 Å². The molecule has 2 rings (SSSR count). The second kappa shape index (κ2) is 5.37. The van der Waals surface area contributed by atoms with E-state index in [1.165, 1.54) is 0 Å². The van der Waals surface area contributed by atoms with Gasteiger partial charge in [0.15, 0.2) is 0 Å². The Morgan fingerprint density at radius 3 is 2.32 bits per heavy atom. The van der Waals surface area contributed by atoms with Crippen molar-refractivity contribution in [1.29, 1.82) is 0 Å². The molecular weight excluding hydrogens is 306 g/mol. The first-order chi connectivity index (χ1) is 8.75. The number of aromatic nitrogens is 2. The van der Waals surface area contributed by atoms with Crippen LogP contribution in [0, 0.1) is 0 Å². The fraction of sp³-hybridized carbons (Fsp3) is 0.714. The number of halogens is 1. The molecule has 106 valence electrons. The first kappa shape index (κ1) is 14.7. The predicted octanol–water partition coefficient (Wildman–Crippen LogP) is 3.15. The fourth-order valence-corrected chi connectivity index (χ4v) is 2.64. The molecular formula is C14H22BrN3O. The Morgan fingerprint density at radius 1 is 1.21 bits per heavy atom. The summed E-state index contributed by atoms with van der Waals surface area (Å²) in [6.07, 6.45) is 0.464. The molecule has 1 aliphatic rings. The summed E-state index contributed by atoms with van der Waals surface area (Å²) in [5.41, 5.74) is -0.0535. The van der Waals surface area contributed by atoms with Crippen LogP contribution in [0.25, 0.3) is 0 Å². The van der Waals surface area contributed by atoms with Crippen LogP contribution in [0.3, 0.4) is 0 Å². The fourth-order valence-electron chi connectivity index (χ4n) is 2.27. The first-order valence-corrected chi connectivity index (χ1v) is 7.50. The van der Waals surface area contributed by atoms with Gasteiger partial charge in [0.25, 0.3) is 0 Å². The lowest BCUT2D eigenvalue weighted by molar-refractivity contribution is -0.00549. The second-order valence-corrected chi connectivity index (χ2v) is 7.10. The van der Waals surface area contributed by atoms with E-state index in [2.05, 4.69) is 60.4 Å². The van der Waals surface area contributed by atoms with E-state index >= 15 is 0 Å². The molecule has 1 aromatic rings. The molecule has 0 unspecified atom stereocenters. The molecule has 2 heterocycles. The minimum Gasteiger partial charge on any atom is -0.372 e. The van der Waals surface area contributed by atoms with E-state index in [-0.39, 0.29) is 17.6 Å². The highest BCUT2D eigenvalue weighted by Gasteiger charge is 2.25. The highest BCUT2D eigenvalue weighted by molar-refractivity contribution is 9.10. The van der Waals surface area contributed by atoms with E-state index in [1.54, 1.807) is 0 Å². The van der Waals surface area contributed by atoms with Crippen molar-refractivity contribution in [3.05, 3.63) is 16.5 Å². The number of rotatable bonds is 1. The van der Waals surface area contributed by atoms with Gasteiger partial charge in [-0.05, 0) is 29.8 Å². The molecule has 19 heavy (non-hydrogen) atoms. The Hall–Kier alpha value is -0.680. The summed E-state index contributed by atoms with van der Waals surface area (Å²) in [6.45, 7) is 12.3. The second-order valence-electron chi connectivity index (χ2n) is 6.28. The smallest absolute Gasteiger partial charge is 0.137 e. The van der Waals surface area contributed by atoms with Crippen molar-refractivity contribution >= 4 is 21.7 Å². The van der Waals surface area contributed by atoms with Crippen LogP contribution in [0.15, 0.2) is 10.7 Å². The zero-order valence-corrected chi connectivity index (χ0v) is 13.9. The molecule has 5 heteroatoms. The maximum Gasteiger partial charge on any atom is 0.137 e. The number of ether oxygens (including phenoxy) is 1. The molecule has 0 amide bonds. The van der Waals surface area contributed by atoms with Gasteiger partial charge in [-0.3, -0.25) is 0 Å². The van der Waals surface area contributed by atoms with Crippen LogP contribution in [-0.4, -0.2) is 35.3 Å². The summed E-state index contributed by atoms with van der Waals surface area (Å²) in [6, 6.07) is 1.99. The number of morpholine rings is 1. The molecule has 1 fully saturated rings. The summed E-state index contributed by atoms with van der Waals surface area (Å²) >= 11 is 3.49. The number of nitrogens with zero attached hydrogens (tertiary/aromatic N) is 3. The third-order valence-corrected chi connectivity index (χ3v) is 3.50. The van der Waals surface area contributed by atoms with Crippen molar-refractivity contribution in [2.45, 2.75) is 52.2 Å². The van der Waals surface area contributed by atoms with Gasteiger partial charge in [-0.25, -0.2) is 9.97 Å². The van der Waals surface area contributed by atoms with Gasteiger partial charge < -0.3 is 9.64 Å². The molecule has 0 spiro atoms.